The average Bonchev–Trinajstić information content (AvgIpc) is 3.24. The lowest BCUT2D eigenvalue weighted by atomic mass is 9.87. The van der Waals surface area contributed by atoms with E-state index in [0.29, 0.717) is 13.0 Å². The third-order valence-electron chi connectivity index (χ3n) is 6.03. The predicted octanol–water partition coefficient (Wildman–Crippen LogP) is 2.93. The first kappa shape index (κ1) is 15.7. The molecule has 0 bridgehead atoms. The molecular weight excluding hydrogens is 326 g/mol. The molecule has 0 unspecified atom stereocenters. The molecule has 0 spiro atoms. The quantitative estimate of drug-likeness (QED) is 0.805. The Bertz CT molecular complexity index is 953. The molecule has 0 saturated carbocycles. The highest BCUT2D eigenvalue weighted by Gasteiger charge is 2.52. The van der Waals surface area contributed by atoms with Crippen LogP contribution >= 0.6 is 0 Å². The highest BCUT2D eigenvalue weighted by molar-refractivity contribution is 5.99. The molecule has 3 aliphatic rings. The summed E-state index contributed by atoms with van der Waals surface area (Å²) in [5.41, 5.74) is 4.47. The average molecular weight is 349 g/mol. The van der Waals surface area contributed by atoms with Crippen molar-refractivity contribution >= 4 is 22.7 Å². The van der Waals surface area contributed by atoms with E-state index in [-0.39, 0.29) is 29.9 Å². The lowest BCUT2D eigenvalue weighted by Gasteiger charge is -2.47. The first-order valence-corrected chi connectivity index (χ1v) is 9.43. The lowest BCUT2D eigenvalue weighted by Crippen LogP contribution is -2.65. The van der Waals surface area contributed by atoms with E-state index in [4.69, 9.17) is 0 Å². The van der Waals surface area contributed by atoms with Crippen LogP contribution in [0.2, 0.25) is 0 Å². The predicted molar refractivity (Wildman–Crippen MR) is 99.5 cm³/mol. The minimum absolute atomic E-state index is 0.110. The van der Waals surface area contributed by atoms with Gasteiger partial charge in [0.1, 0.15) is 12.1 Å². The third kappa shape index (κ3) is 2.03. The fourth-order valence-corrected chi connectivity index (χ4v) is 4.94. The first-order valence-electron chi connectivity index (χ1n) is 9.43. The van der Waals surface area contributed by atoms with Gasteiger partial charge in [-0.3, -0.25) is 9.59 Å². The zero-order valence-corrected chi connectivity index (χ0v) is 15.2. The van der Waals surface area contributed by atoms with Gasteiger partial charge in [-0.05, 0) is 38.3 Å². The van der Waals surface area contributed by atoms with Crippen molar-refractivity contribution in [1.29, 1.82) is 0 Å². The van der Waals surface area contributed by atoms with Crippen LogP contribution in [0.25, 0.3) is 10.9 Å². The number of carbonyl (C=O) groups is 2. The van der Waals surface area contributed by atoms with Gasteiger partial charge in [-0.2, -0.15) is 0 Å². The van der Waals surface area contributed by atoms with Crippen LogP contribution < -0.4 is 0 Å². The summed E-state index contributed by atoms with van der Waals surface area (Å²) in [4.78, 5) is 33.7. The monoisotopic (exact) mass is 349 g/mol. The van der Waals surface area contributed by atoms with Gasteiger partial charge >= 0.3 is 0 Å². The molecule has 3 aliphatic heterocycles. The number of benzene rings is 1. The molecule has 1 aromatic heterocycles. The van der Waals surface area contributed by atoms with Gasteiger partial charge < -0.3 is 14.8 Å². The van der Waals surface area contributed by atoms with Gasteiger partial charge in [-0.15, -0.1) is 0 Å². The van der Waals surface area contributed by atoms with Crippen LogP contribution in [0.15, 0.2) is 35.9 Å². The van der Waals surface area contributed by atoms with E-state index < -0.39 is 0 Å². The standard InChI is InChI=1S/C21H23N3O2/c1-12(2)10-17-19-14(13-6-3-4-7-15(13)22-19)11-18-20(25)23-9-5-8-16(23)21(26)24(17)18/h3-4,6-7,10,16-18,22H,5,8-9,11H2,1-2H3/t16-,17-,18+/m0/s1. The van der Waals surface area contributed by atoms with Gasteiger partial charge in [0.05, 0.1) is 6.04 Å². The second kappa shape index (κ2) is 5.47. The molecule has 26 heavy (non-hydrogen) atoms. The maximum atomic E-state index is 13.3. The summed E-state index contributed by atoms with van der Waals surface area (Å²) in [7, 11) is 0. The van der Waals surface area contributed by atoms with E-state index in [1.165, 1.54) is 5.56 Å². The topological polar surface area (TPSA) is 56.4 Å². The summed E-state index contributed by atoms with van der Waals surface area (Å²) >= 11 is 0. The van der Waals surface area contributed by atoms with Crippen molar-refractivity contribution in [2.24, 2.45) is 0 Å². The Hall–Kier alpha value is -2.56. The molecule has 2 saturated heterocycles. The van der Waals surface area contributed by atoms with Gasteiger partial charge in [0, 0.05) is 29.6 Å². The number of nitrogens with one attached hydrogen (secondary N) is 1. The van der Waals surface area contributed by atoms with Crippen molar-refractivity contribution in [3.8, 4) is 0 Å². The summed E-state index contributed by atoms with van der Waals surface area (Å²) in [6, 6.07) is 7.37. The van der Waals surface area contributed by atoms with Gasteiger partial charge in [0.15, 0.2) is 0 Å². The zero-order chi connectivity index (χ0) is 18.0. The molecule has 3 atom stereocenters. The van der Waals surface area contributed by atoms with Crippen molar-refractivity contribution in [3.63, 3.8) is 0 Å². The Kier molecular flexibility index (Phi) is 3.30. The fourth-order valence-electron chi connectivity index (χ4n) is 4.94. The second-order valence-electron chi connectivity index (χ2n) is 7.91. The van der Waals surface area contributed by atoms with Crippen molar-refractivity contribution in [1.82, 2.24) is 14.8 Å². The molecule has 0 radical (unpaired) electrons. The van der Waals surface area contributed by atoms with Crippen molar-refractivity contribution in [2.45, 2.75) is 51.2 Å². The third-order valence-corrected chi connectivity index (χ3v) is 6.03. The Morgan fingerprint density at radius 1 is 1.15 bits per heavy atom. The molecule has 2 amide bonds. The van der Waals surface area contributed by atoms with Gasteiger partial charge in [-0.1, -0.05) is 29.8 Å². The number of aromatic amines is 1. The van der Waals surface area contributed by atoms with E-state index >= 15 is 0 Å². The van der Waals surface area contributed by atoms with Crippen LogP contribution in [0, 0.1) is 0 Å². The minimum Gasteiger partial charge on any atom is -0.356 e. The fraction of sp³-hybridized carbons (Fsp3) is 0.429. The molecule has 134 valence electrons. The summed E-state index contributed by atoms with van der Waals surface area (Å²) in [5, 5.41) is 1.16. The molecule has 2 aromatic rings. The number of hydrogen-bond donors (Lipinski definition) is 1. The van der Waals surface area contributed by atoms with Gasteiger partial charge in [-0.25, -0.2) is 0 Å². The number of H-pyrrole nitrogens is 1. The SMILES string of the molecule is CC(C)=C[C@H]1c2[nH]c3ccccc3c2C[C@@H]2C(=O)N3CCC[C@H]3C(=O)N21. The highest BCUT2D eigenvalue weighted by Crippen LogP contribution is 2.42. The maximum absolute atomic E-state index is 13.3. The molecule has 5 rings (SSSR count). The van der Waals surface area contributed by atoms with Crippen LogP contribution in [0.1, 0.15) is 44.0 Å². The van der Waals surface area contributed by atoms with Crippen LogP contribution in [0.4, 0.5) is 0 Å². The summed E-state index contributed by atoms with van der Waals surface area (Å²) in [6.07, 6.45) is 4.43. The largest absolute Gasteiger partial charge is 0.356 e. The summed E-state index contributed by atoms with van der Waals surface area (Å²) in [6.45, 7) is 4.81. The number of piperazine rings is 1. The van der Waals surface area contributed by atoms with Crippen LogP contribution in [-0.2, 0) is 16.0 Å². The van der Waals surface area contributed by atoms with E-state index in [2.05, 4.69) is 23.2 Å². The van der Waals surface area contributed by atoms with Gasteiger partial charge in [0.2, 0.25) is 11.8 Å². The molecule has 4 heterocycles. The van der Waals surface area contributed by atoms with Crippen molar-refractivity contribution < 1.29 is 9.59 Å². The Labute approximate surface area is 152 Å². The molecule has 5 nitrogen and oxygen atoms in total. The van der Waals surface area contributed by atoms with Crippen molar-refractivity contribution in [3.05, 3.63) is 47.2 Å². The van der Waals surface area contributed by atoms with Crippen molar-refractivity contribution in [2.75, 3.05) is 6.54 Å². The number of amides is 2. The molecule has 0 aliphatic carbocycles. The van der Waals surface area contributed by atoms with E-state index in [1.807, 2.05) is 35.8 Å². The number of carbonyl (C=O) groups excluding carboxylic acids is 2. The number of aromatic nitrogens is 1. The number of allylic oxidation sites excluding steroid dienone is 1. The molecular formula is C21H23N3O2. The second-order valence-corrected chi connectivity index (χ2v) is 7.91. The lowest BCUT2D eigenvalue weighted by molar-refractivity contribution is -0.162. The number of nitrogens with zero attached hydrogens (tertiary/aromatic N) is 2. The molecule has 5 heteroatoms. The minimum atomic E-state index is -0.385. The number of para-hydroxylation sites is 1. The Balaban J connectivity index is 1.72. The highest BCUT2D eigenvalue weighted by atomic mass is 16.2. The molecule has 1 aromatic carbocycles. The summed E-state index contributed by atoms with van der Waals surface area (Å²) in [5.74, 6) is 0.231. The Morgan fingerprint density at radius 2 is 1.96 bits per heavy atom. The first-order chi connectivity index (χ1) is 12.6. The van der Waals surface area contributed by atoms with E-state index in [9.17, 15) is 9.59 Å². The maximum Gasteiger partial charge on any atom is 0.246 e. The van der Waals surface area contributed by atoms with Crippen LogP contribution in [0.5, 0.6) is 0 Å². The van der Waals surface area contributed by atoms with Gasteiger partial charge in [0.25, 0.3) is 0 Å². The van der Waals surface area contributed by atoms with Crippen LogP contribution in [-0.4, -0.2) is 45.2 Å². The summed E-state index contributed by atoms with van der Waals surface area (Å²) < 4.78 is 0. The Morgan fingerprint density at radius 3 is 2.77 bits per heavy atom. The molecule has 1 N–H and O–H groups in total. The molecule has 2 fully saturated rings. The van der Waals surface area contributed by atoms with Crippen LogP contribution in [0.3, 0.4) is 0 Å². The zero-order valence-electron chi connectivity index (χ0n) is 15.2. The number of hydrogen-bond acceptors (Lipinski definition) is 2. The number of fused-ring (bicyclic) bond motifs is 5. The van der Waals surface area contributed by atoms with E-state index in [1.54, 1.807) is 0 Å². The smallest absolute Gasteiger partial charge is 0.246 e. The normalized spacial score (nSPS) is 27.4. The van der Waals surface area contributed by atoms with E-state index in [0.717, 1.165) is 35.0 Å². The number of rotatable bonds is 1.